The van der Waals surface area contributed by atoms with Crippen LogP contribution in [0.4, 0.5) is 13.2 Å². The lowest BCUT2D eigenvalue weighted by Gasteiger charge is -2.12. The third-order valence-corrected chi connectivity index (χ3v) is 1.92. The van der Waals surface area contributed by atoms with Crippen molar-refractivity contribution in [3.63, 3.8) is 0 Å². The van der Waals surface area contributed by atoms with Crippen LogP contribution in [0.5, 0.6) is 5.88 Å². The lowest BCUT2D eigenvalue weighted by molar-refractivity contribution is -0.138. The van der Waals surface area contributed by atoms with Crippen molar-refractivity contribution in [2.24, 2.45) is 0 Å². The molecule has 0 fully saturated rings. The highest BCUT2D eigenvalue weighted by atomic mass is 35.5. The molecule has 0 aromatic carbocycles. The summed E-state index contributed by atoms with van der Waals surface area (Å²) in [4.78, 5) is 3.64. The highest BCUT2D eigenvalue weighted by molar-refractivity contribution is 6.17. The van der Waals surface area contributed by atoms with Crippen molar-refractivity contribution in [1.82, 2.24) is 4.98 Å². The Hall–Kier alpha value is -0.970. The summed E-state index contributed by atoms with van der Waals surface area (Å²) in [5.41, 5.74) is -0.941. The van der Waals surface area contributed by atoms with E-state index >= 15 is 0 Å². The van der Waals surface area contributed by atoms with E-state index in [0.717, 1.165) is 12.3 Å². The van der Waals surface area contributed by atoms with Crippen molar-refractivity contribution in [3.8, 4) is 5.88 Å². The van der Waals surface area contributed by atoms with Gasteiger partial charge < -0.3 is 4.74 Å². The number of hydrogen-bond acceptors (Lipinski definition) is 2. The maximum absolute atomic E-state index is 12.4. The van der Waals surface area contributed by atoms with Gasteiger partial charge in [0.05, 0.1) is 18.6 Å². The van der Waals surface area contributed by atoms with Crippen molar-refractivity contribution in [2.45, 2.75) is 12.1 Å². The van der Waals surface area contributed by atoms with E-state index in [9.17, 15) is 13.2 Å². The van der Waals surface area contributed by atoms with E-state index in [2.05, 4.69) is 9.72 Å². The minimum absolute atomic E-state index is 0.0881. The monoisotopic (exact) mass is 225 g/mol. The summed E-state index contributed by atoms with van der Waals surface area (Å²) < 4.78 is 41.9. The molecular formula is C8H7ClF3NO. The molecule has 0 radical (unpaired) electrons. The Morgan fingerprint density at radius 1 is 1.50 bits per heavy atom. The van der Waals surface area contributed by atoms with Gasteiger partial charge in [-0.3, -0.25) is 0 Å². The molecule has 1 rings (SSSR count). The van der Waals surface area contributed by atoms with E-state index in [-0.39, 0.29) is 17.3 Å². The van der Waals surface area contributed by atoms with Gasteiger partial charge in [-0.1, -0.05) is 0 Å². The maximum atomic E-state index is 12.4. The molecule has 0 saturated heterocycles. The molecule has 0 saturated carbocycles. The molecule has 0 unspecified atom stereocenters. The van der Waals surface area contributed by atoms with Gasteiger partial charge >= 0.3 is 6.18 Å². The summed E-state index contributed by atoms with van der Waals surface area (Å²) in [5.74, 6) is -0.374. The first-order chi connectivity index (χ1) is 6.50. The van der Waals surface area contributed by atoms with Crippen LogP contribution in [0.25, 0.3) is 0 Å². The summed E-state index contributed by atoms with van der Waals surface area (Å²) in [5, 5.41) is 0. The van der Waals surface area contributed by atoms with Gasteiger partial charge in [0, 0.05) is 11.8 Å². The average molecular weight is 226 g/mol. The normalized spacial score (nSPS) is 11.5. The van der Waals surface area contributed by atoms with E-state index in [4.69, 9.17) is 11.6 Å². The van der Waals surface area contributed by atoms with Crippen LogP contribution in [0, 0.1) is 0 Å². The number of rotatable bonds is 2. The van der Waals surface area contributed by atoms with Gasteiger partial charge in [-0.2, -0.15) is 13.2 Å². The van der Waals surface area contributed by atoms with Crippen molar-refractivity contribution >= 4 is 11.6 Å². The second-order valence-corrected chi connectivity index (χ2v) is 2.74. The predicted molar refractivity (Wildman–Crippen MR) is 45.3 cm³/mol. The zero-order chi connectivity index (χ0) is 10.8. The number of aromatic nitrogens is 1. The first kappa shape index (κ1) is 11.1. The van der Waals surface area contributed by atoms with Gasteiger partial charge in [0.1, 0.15) is 0 Å². The van der Waals surface area contributed by atoms with E-state index in [1.165, 1.54) is 7.11 Å². The Balaban J connectivity index is 3.29. The largest absolute Gasteiger partial charge is 0.481 e. The first-order valence-corrected chi connectivity index (χ1v) is 4.19. The fourth-order valence-electron chi connectivity index (χ4n) is 1.04. The molecule has 78 valence electrons. The fraction of sp³-hybridized carbons (Fsp3) is 0.375. The molecule has 1 aromatic heterocycles. The van der Waals surface area contributed by atoms with Crippen molar-refractivity contribution in [2.75, 3.05) is 7.11 Å². The Labute approximate surface area is 83.7 Å². The van der Waals surface area contributed by atoms with Gasteiger partial charge in [0.25, 0.3) is 0 Å². The number of hydrogen-bond donors (Lipinski definition) is 0. The molecule has 0 aliphatic heterocycles. The van der Waals surface area contributed by atoms with Crippen LogP contribution in [0.2, 0.25) is 0 Å². The standard InChI is InChI=1S/C8H7ClF3NO/c1-14-7-5(4-9)6(2-3-13-7)8(10,11)12/h2-3H,4H2,1H3. The van der Waals surface area contributed by atoms with Crippen LogP contribution in [0.15, 0.2) is 12.3 Å². The SMILES string of the molecule is COc1nccc(C(F)(F)F)c1CCl. The van der Waals surface area contributed by atoms with E-state index in [0.29, 0.717) is 0 Å². The number of methoxy groups -OCH3 is 1. The predicted octanol–water partition coefficient (Wildman–Crippen LogP) is 2.85. The van der Waals surface area contributed by atoms with Gasteiger partial charge in [0.2, 0.25) is 5.88 Å². The Bertz CT molecular complexity index is 327. The van der Waals surface area contributed by atoms with Crippen LogP contribution in [-0.2, 0) is 12.1 Å². The highest BCUT2D eigenvalue weighted by Crippen LogP contribution is 2.35. The number of alkyl halides is 4. The van der Waals surface area contributed by atoms with Gasteiger partial charge in [0.15, 0.2) is 0 Å². The van der Waals surface area contributed by atoms with E-state index in [1.54, 1.807) is 0 Å². The van der Waals surface area contributed by atoms with Gasteiger partial charge in [-0.15, -0.1) is 11.6 Å². The van der Waals surface area contributed by atoms with E-state index < -0.39 is 11.7 Å². The second-order valence-electron chi connectivity index (χ2n) is 2.48. The molecule has 14 heavy (non-hydrogen) atoms. The summed E-state index contributed by atoms with van der Waals surface area (Å²) in [7, 11) is 1.25. The molecule has 0 bridgehead atoms. The topological polar surface area (TPSA) is 22.1 Å². The Morgan fingerprint density at radius 2 is 2.14 bits per heavy atom. The van der Waals surface area contributed by atoms with Crippen molar-refractivity contribution in [1.29, 1.82) is 0 Å². The fourth-order valence-corrected chi connectivity index (χ4v) is 1.30. The lowest BCUT2D eigenvalue weighted by atomic mass is 10.1. The number of halogens is 4. The average Bonchev–Trinajstić information content (AvgIpc) is 2.15. The molecule has 1 aromatic rings. The van der Waals surface area contributed by atoms with E-state index in [1.807, 2.05) is 0 Å². The van der Waals surface area contributed by atoms with Crippen LogP contribution >= 0.6 is 11.6 Å². The molecule has 0 amide bonds. The third-order valence-electron chi connectivity index (χ3n) is 1.65. The quantitative estimate of drug-likeness (QED) is 0.722. The number of nitrogens with zero attached hydrogens (tertiary/aromatic N) is 1. The number of ether oxygens (including phenoxy) is 1. The van der Waals surface area contributed by atoms with Crippen LogP contribution in [0.3, 0.4) is 0 Å². The minimum atomic E-state index is -4.43. The molecule has 0 aliphatic carbocycles. The molecule has 1 heterocycles. The zero-order valence-electron chi connectivity index (χ0n) is 7.23. The van der Waals surface area contributed by atoms with Crippen molar-refractivity contribution in [3.05, 3.63) is 23.4 Å². The summed E-state index contributed by atoms with van der Waals surface area (Å²) in [6, 6.07) is 0.875. The highest BCUT2D eigenvalue weighted by Gasteiger charge is 2.34. The molecule has 2 nitrogen and oxygen atoms in total. The Kier molecular flexibility index (Phi) is 3.21. The minimum Gasteiger partial charge on any atom is -0.481 e. The first-order valence-electron chi connectivity index (χ1n) is 3.65. The summed E-state index contributed by atoms with van der Waals surface area (Å²) >= 11 is 5.40. The maximum Gasteiger partial charge on any atom is 0.416 e. The smallest absolute Gasteiger partial charge is 0.416 e. The molecule has 0 aliphatic rings. The number of pyridine rings is 1. The molecule has 0 atom stereocenters. The summed E-state index contributed by atoms with van der Waals surface area (Å²) in [6.07, 6.45) is -3.39. The van der Waals surface area contributed by atoms with Gasteiger partial charge in [-0.25, -0.2) is 4.98 Å². The molecular weight excluding hydrogens is 219 g/mol. The van der Waals surface area contributed by atoms with Gasteiger partial charge in [-0.05, 0) is 6.07 Å². The van der Waals surface area contributed by atoms with Crippen molar-refractivity contribution < 1.29 is 17.9 Å². The molecule has 0 N–H and O–H groups in total. The second kappa shape index (κ2) is 4.04. The Morgan fingerprint density at radius 3 is 2.57 bits per heavy atom. The van der Waals surface area contributed by atoms with Crippen LogP contribution in [-0.4, -0.2) is 12.1 Å². The zero-order valence-corrected chi connectivity index (χ0v) is 7.99. The molecule has 0 spiro atoms. The lowest BCUT2D eigenvalue weighted by Crippen LogP contribution is -2.10. The third kappa shape index (κ3) is 2.09. The molecule has 6 heteroatoms. The summed E-state index contributed by atoms with van der Waals surface area (Å²) in [6.45, 7) is 0. The van der Waals surface area contributed by atoms with Crippen LogP contribution in [0.1, 0.15) is 11.1 Å². The van der Waals surface area contributed by atoms with Crippen LogP contribution < -0.4 is 4.74 Å².